The molecule has 1 saturated heterocycles. The van der Waals surface area contributed by atoms with Gasteiger partial charge >= 0.3 is 0 Å². The smallest absolute Gasteiger partial charge is 0.234 e. The third-order valence-corrected chi connectivity index (χ3v) is 2.31. The van der Waals surface area contributed by atoms with Crippen LogP contribution in [0.3, 0.4) is 0 Å². The molecule has 0 saturated carbocycles. The van der Waals surface area contributed by atoms with Gasteiger partial charge in [0.05, 0.1) is 6.04 Å². The molecule has 1 amide bonds. The van der Waals surface area contributed by atoms with Crippen LogP contribution < -0.4 is 11.1 Å². The summed E-state index contributed by atoms with van der Waals surface area (Å²) < 4.78 is 0. The number of carbonyl (C=O) groups is 1. The Morgan fingerprint density at radius 1 is 1.58 bits per heavy atom. The summed E-state index contributed by atoms with van der Waals surface area (Å²) in [5, 5.41) is 3.24. The van der Waals surface area contributed by atoms with Gasteiger partial charge in [0.25, 0.3) is 0 Å². The fourth-order valence-electron chi connectivity index (χ4n) is 1.63. The monoisotopic (exact) mass is 171 g/mol. The largest absolute Gasteiger partial charge is 0.368 e. The van der Waals surface area contributed by atoms with E-state index in [-0.39, 0.29) is 11.9 Å². The Morgan fingerprint density at radius 3 is 2.58 bits per heavy atom. The standard InChI is InChI=1S/C8H17N3O/c1-2-7(8(9)12)11-5-3-10-4-6-11/h7,10H,2-6H2,1H3,(H2,9,12). The lowest BCUT2D eigenvalue weighted by molar-refractivity contribution is -0.123. The van der Waals surface area contributed by atoms with E-state index in [0.29, 0.717) is 0 Å². The first-order valence-electron chi connectivity index (χ1n) is 4.49. The number of carbonyl (C=O) groups excluding carboxylic acids is 1. The van der Waals surface area contributed by atoms with Gasteiger partial charge in [0, 0.05) is 26.2 Å². The Kier molecular flexibility index (Phi) is 3.49. The van der Waals surface area contributed by atoms with Gasteiger partial charge in [0.1, 0.15) is 0 Å². The zero-order valence-electron chi connectivity index (χ0n) is 7.55. The fourth-order valence-corrected chi connectivity index (χ4v) is 1.63. The van der Waals surface area contributed by atoms with Gasteiger partial charge in [-0.1, -0.05) is 6.92 Å². The Bertz CT molecular complexity index is 154. The Balaban J connectivity index is 2.46. The Labute approximate surface area is 73.1 Å². The average molecular weight is 171 g/mol. The van der Waals surface area contributed by atoms with E-state index >= 15 is 0 Å². The van der Waals surface area contributed by atoms with Crippen molar-refractivity contribution in [2.75, 3.05) is 26.2 Å². The van der Waals surface area contributed by atoms with Crippen LogP contribution in [0.5, 0.6) is 0 Å². The fraction of sp³-hybridized carbons (Fsp3) is 0.875. The molecule has 12 heavy (non-hydrogen) atoms. The van der Waals surface area contributed by atoms with Crippen LogP contribution in [0, 0.1) is 0 Å². The molecule has 1 fully saturated rings. The molecule has 1 unspecified atom stereocenters. The summed E-state index contributed by atoms with van der Waals surface area (Å²) in [6.45, 7) is 5.79. The van der Waals surface area contributed by atoms with Gasteiger partial charge in [-0.25, -0.2) is 0 Å². The molecule has 1 atom stereocenters. The van der Waals surface area contributed by atoms with Crippen LogP contribution in [0.4, 0.5) is 0 Å². The van der Waals surface area contributed by atoms with Crippen LogP contribution in [0.1, 0.15) is 13.3 Å². The molecule has 0 aromatic rings. The molecule has 1 rings (SSSR count). The molecule has 1 aliphatic rings. The van der Waals surface area contributed by atoms with Crippen molar-refractivity contribution in [3.8, 4) is 0 Å². The molecule has 0 radical (unpaired) electrons. The highest BCUT2D eigenvalue weighted by atomic mass is 16.1. The summed E-state index contributed by atoms with van der Waals surface area (Å²) in [4.78, 5) is 13.1. The Hall–Kier alpha value is -0.610. The third-order valence-electron chi connectivity index (χ3n) is 2.31. The Morgan fingerprint density at radius 2 is 2.17 bits per heavy atom. The van der Waals surface area contributed by atoms with E-state index in [2.05, 4.69) is 10.2 Å². The second kappa shape index (κ2) is 4.42. The van der Waals surface area contributed by atoms with Crippen molar-refractivity contribution < 1.29 is 4.79 Å². The van der Waals surface area contributed by atoms with Crippen LogP contribution in [0.25, 0.3) is 0 Å². The second-order valence-electron chi connectivity index (χ2n) is 3.11. The van der Waals surface area contributed by atoms with Gasteiger partial charge in [-0.15, -0.1) is 0 Å². The van der Waals surface area contributed by atoms with Crippen LogP contribution >= 0.6 is 0 Å². The normalized spacial score (nSPS) is 22.1. The molecule has 3 N–H and O–H groups in total. The minimum Gasteiger partial charge on any atom is -0.368 e. The molecule has 0 bridgehead atoms. The topological polar surface area (TPSA) is 58.4 Å². The predicted octanol–water partition coefficient (Wildman–Crippen LogP) is -0.844. The van der Waals surface area contributed by atoms with Crippen molar-refractivity contribution in [2.45, 2.75) is 19.4 Å². The average Bonchev–Trinajstić information content (AvgIpc) is 2.07. The predicted molar refractivity (Wildman–Crippen MR) is 47.7 cm³/mol. The highest BCUT2D eigenvalue weighted by Gasteiger charge is 2.22. The molecule has 0 aliphatic carbocycles. The van der Waals surface area contributed by atoms with Crippen molar-refractivity contribution in [1.82, 2.24) is 10.2 Å². The van der Waals surface area contributed by atoms with E-state index in [4.69, 9.17) is 5.73 Å². The van der Waals surface area contributed by atoms with E-state index in [1.807, 2.05) is 6.92 Å². The van der Waals surface area contributed by atoms with Gasteiger partial charge in [0.15, 0.2) is 0 Å². The highest BCUT2D eigenvalue weighted by molar-refractivity contribution is 5.79. The van der Waals surface area contributed by atoms with E-state index < -0.39 is 0 Å². The maximum absolute atomic E-state index is 11.0. The van der Waals surface area contributed by atoms with Crippen LogP contribution in [-0.4, -0.2) is 43.0 Å². The lowest BCUT2D eigenvalue weighted by atomic mass is 10.1. The first kappa shape index (κ1) is 9.48. The molecule has 4 heteroatoms. The summed E-state index contributed by atoms with van der Waals surface area (Å²) >= 11 is 0. The van der Waals surface area contributed by atoms with Gasteiger partial charge in [-0.3, -0.25) is 9.69 Å². The molecule has 4 nitrogen and oxygen atoms in total. The number of hydrogen-bond donors (Lipinski definition) is 2. The summed E-state index contributed by atoms with van der Waals surface area (Å²) in [6.07, 6.45) is 0.815. The number of nitrogens with two attached hydrogens (primary N) is 1. The summed E-state index contributed by atoms with van der Waals surface area (Å²) in [5.74, 6) is -0.195. The van der Waals surface area contributed by atoms with Crippen LogP contribution in [0.2, 0.25) is 0 Å². The second-order valence-corrected chi connectivity index (χ2v) is 3.11. The van der Waals surface area contributed by atoms with Crippen molar-refractivity contribution in [1.29, 1.82) is 0 Å². The molecule has 0 spiro atoms. The van der Waals surface area contributed by atoms with Crippen molar-refractivity contribution in [2.24, 2.45) is 5.73 Å². The van der Waals surface area contributed by atoms with E-state index in [1.165, 1.54) is 0 Å². The number of nitrogens with zero attached hydrogens (tertiary/aromatic N) is 1. The highest BCUT2D eigenvalue weighted by Crippen LogP contribution is 2.04. The van der Waals surface area contributed by atoms with Gasteiger partial charge in [-0.05, 0) is 6.42 Å². The maximum atomic E-state index is 11.0. The SMILES string of the molecule is CCC(C(N)=O)N1CCNCC1. The molecular formula is C8H17N3O. The van der Waals surface area contributed by atoms with Crippen LogP contribution in [-0.2, 0) is 4.79 Å². The zero-order valence-corrected chi connectivity index (χ0v) is 7.55. The van der Waals surface area contributed by atoms with E-state index in [1.54, 1.807) is 0 Å². The number of amides is 1. The molecule has 1 aliphatic heterocycles. The molecule has 1 heterocycles. The minimum absolute atomic E-state index is 0.0629. The minimum atomic E-state index is -0.195. The maximum Gasteiger partial charge on any atom is 0.234 e. The lowest BCUT2D eigenvalue weighted by Gasteiger charge is -2.32. The van der Waals surface area contributed by atoms with Crippen LogP contribution in [0.15, 0.2) is 0 Å². The molecule has 0 aromatic carbocycles. The van der Waals surface area contributed by atoms with Gasteiger partial charge < -0.3 is 11.1 Å². The first-order chi connectivity index (χ1) is 5.75. The van der Waals surface area contributed by atoms with E-state index in [9.17, 15) is 4.79 Å². The molecule has 70 valence electrons. The number of nitrogens with one attached hydrogen (secondary N) is 1. The lowest BCUT2D eigenvalue weighted by Crippen LogP contribution is -2.52. The van der Waals surface area contributed by atoms with Crippen molar-refractivity contribution in [3.63, 3.8) is 0 Å². The van der Waals surface area contributed by atoms with E-state index in [0.717, 1.165) is 32.6 Å². The summed E-state index contributed by atoms with van der Waals surface area (Å²) in [7, 11) is 0. The summed E-state index contributed by atoms with van der Waals surface area (Å²) in [6, 6.07) is -0.0629. The first-order valence-corrected chi connectivity index (χ1v) is 4.49. The zero-order chi connectivity index (χ0) is 8.97. The quantitative estimate of drug-likeness (QED) is 0.582. The molecule has 0 aromatic heterocycles. The van der Waals surface area contributed by atoms with Gasteiger partial charge in [-0.2, -0.15) is 0 Å². The third kappa shape index (κ3) is 2.19. The molecular weight excluding hydrogens is 154 g/mol. The number of piperazine rings is 1. The van der Waals surface area contributed by atoms with Crippen molar-refractivity contribution >= 4 is 5.91 Å². The number of primary amides is 1. The summed E-state index contributed by atoms with van der Waals surface area (Å²) in [5.41, 5.74) is 5.28. The number of hydrogen-bond acceptors (Lipinski definition) is 3. The van der Waals surface area contributed by atoms with Crippen molar-refractivity contribution in [3.05, 3.63) is 0 Å². The number of rotatable bonds is 3. The van der Waals surface area contributed by atoms with Gasteiger partial charge in [0.2, 0.25) is 5.91 Å².